The Labute approximate surface area is 128 Å². The van der Waals surface area contributed by atoms with Crippen LogP contribution in [0.15, 0.2) is 36.0 Å². The molecule has 0 amide bonds. The third-order valence-electron chi connectivity index (χ3n) is 6.52. The highest BCUT2D eigenvalue weighted by Crippen LogP contribution is 2.65. The zero-order chi connectivity index (χ0) is 15.4. The molecule has 21 heavy (non-hydrogen) atoms. The molecule has 4 aliphatic rings. The first-order valence-electron chi connectivity index (χ1n) is 8.27. The van der Waals surface area contributed by atoms with Crippen LogP contribution >= 0.6 is 0 Å². The van der Waals surface area contributed by atoms with E-state index in [-0.39, 0.29) is 23.4 Å². The Bertz CT molecular complexity index is 518. The molecule has 2 N–H and O–H groups in total. The predicted octanol–water partition coefficient (Wildman–Crippen LogP) is 3.61. The SMILES string of the molecule is C=C(C)/C=C\[C@@]1(O)[C@H](C)[C@@H]2CC[C@@]1(C)C1=CCC[C@H](O)[C@@H]12. The zero-order valence-corrected chi connectivity index (χ0v) is 13.5. The molecule has 0 aromatic heterocycles. The molecule has 0 radical (unpaired) electrons. The average molecular weight is 288 g/mol. The van der Waals surface area contributed by atoms with Gasteiger partial charge in [-0.15, -0.1) is 0 Å². The van der Waals surface area contributed by atoms with Crippen molar-refractivity contribution in [3.8, 4) is 0 Å². The fraction of sp³-hybridized carbons (Fsp3) is 0.684. The zero-order valence-electron chi connectivity index (χ0n) is 13.5. The van der Waals surface area contributed by atoms with E-state index in [1.165, 1.54) is 5.57 Å². The Morgan fingerprint density at radius 1 is 1.43 bits per heavy atom. The molecule has 0 aromatic rings. The van der Waals surface area contributed by atoms with Crippen molar-refractivity contribution in [2.45, 2.75) is 58.2 Å². The molecule has 116 valence electrons. The third kappa shape index (κ3) is 1.92. The van der Waals surface area contributed by atoms with Gasteiger partial charge in [0.05, 0.1) is 11.7 Å². The Morgan fingerprint density at radius 2 is 2.14 bits per heavy atom. The van der Waals surface area contributed by atoms with E-state index >= 15 is 0 Å². The summed E-state index contributed by atoms with van der Waals surface area (Å²) in [5.74, 6) is 0.806. The first-order valence-corrected chi connectivity index (χ1v) is 8.27. The minimum absolute atomic E-state index is 0.168. The number of hydrogen-bond donors (Lipinski definition) is 2. The van der Waals surface area contributed by atoms with Crippen LogP contribution in [0.2, 0.25) is 0 Å². The van der Waals surface area contributed by atoms with Gasteiger partial charge in [-0.05, 0) is 44.4 Å². The predicted molar refractivity (Wildman–Crippen MR) is 85.7 cm³/mol. The largest absolute Gasteiger partial charge is 0.392 e. The standard InChI is InChI=1S/C19H28O2/c1-12(2)8-11-19(21)13(3)14-9-10-18(19,4)15-6-5-7-16(20)17(14)15/h6,8,11,13-14,16-17,20-21H,1,5,7,9-10H2,2-4H3/b11-8-/t13-,14+,16+,17-,18+,19-/m1/s1. The summed E-state index contributed by atoms with van der Waals surface area (Å²) in [6.45, 7) is 10.2. The molecule has 6 atom stereocenters. The molecule has 0 heterocycles. The number of aliphatic hydroxyl groups excluding tert-OH is 1. The van der Waals surface area contributed by atoms with Crippen molar-refractivity contribution in [3.05, 3.63) is 36.0 Å². The molecule has 2 bridgehead atoms. The van der Waals surface area contributed by atoms with Crippen molar-refractivity contribution >= 4 is 0 Å². The van der Waals surface area contributed by atoms with Gasteiger partial charge in [0, 0.05) is 11.3 Å². The second kappa shape index (κ2) is 4.82. The van der Waals surface area contributed by atoms with Crippen LogP contribution in [0.3, 0.4) is 0 Å². The van der Waals surface area contributed by atoms with Crippen LogP contribution < -0.4 is 0 Å². The highest BCUT2D eigenvalue weighted by atomic mass is 16.3. The number of hydrogen-bond acceptors (Lipinski definition) is 2. The fourth-order valence-corrected chi connectivity index (χ4v) is 5.25. The van der Waals surface area contributed by atoms with Crippen molar-refractivity contribution in [2.24, 2.45) is 23.2 Å². The van der Waals surface area contributed by atoms with E-state index in [2.05, 4.69) is 26.5 Å². The summed E-state index contributed by atoms with van der Waals surface area (Å²) in [5, 5.41) is 22.0. The smallest absolute Gasteiger partial charge is 0.0949 e. The van der Waals surface area contributed by atoms with Crippen molar-refractivity contribution in [1.29, 1.82) is 0 Å². The molecule has 3 fully saturated rings. The maximum Gasteiger partial charge on any atom is 0.0949 e. The van der Waals surface area contributed by atoms with E-state index in [1.54, 1.807) is 0 Å². The summed E-state index contributed by atoms with van der Waals surface area (Å²) in [4.78, 5) is 0. The van der Waals surface area contributed by atoms with Gasteiger partial charge in [-0.3, -0.25) is 0 Å². The van der Waals surface area contributed by atoms with Crippen molar-refractivity contribution < 1.29 is 10.2 Å². The Kier molecular flexibility index (Phi) is 3.46. The van der Waals surface area contributed by atoms with Gasteiger partial charge in [0.2, 0.25) is 0 Å². The maximum atomic E-state index is 11.5. The molecular weight excluding hydrogens is 260 g/mol. The molecule has 0 aliphatic heterocycles. The lowest BCUT2D eigenvalue weighted by atomic mass is 9.42. The lowest BCUT2D eigenvalue weighted by molar-refractivity contribution is -0.165. The molecular formula is C19H28O2. The quantitative estimate of drug-likeness (QED) is 0.602. The van der Waals surface area contributed by atoms with Crippen molar-refractivity contribution in [1.82, 2.24) is 0 Å². The number of fused-ring (bicyclic) bond motifs is 2. The van der Waals surface area contributed by atoms with Crippen LogP contribution in [0.25, 0.3) is 0 Å². The molecule has 2 nitrogen and oxygen atoms in total. The van der Waals surface area contributed by atoms with Gasteiger partial charge in [-0.25, -0.2) is 0 Å². The maximum absolute atomic E-state index is 11.5. The van der Waals surface area contributed by atoms with E-state index in [4.69, 9.17) is 0 Å². The van der Waals surface area contributed by atoms with Crippen LogP contribution in [-0.2, 0) is 0 Å². The van der Waals surface area contributed by atoms with E-state index in [1.807, 2.05) is 19.1 Å². The number of rotatable bonds is 2. The van der Waals surface area contributed by atoms with Gasteiger partial charge >= 0.3 is 0 Å². The van der Waals surface area contributed by atoms with Crippen LogP contribution in [0.5, 0.6) is 0 Å². The minimum atomic E-state index is -0.825. The molecule has 4 rings (SSSR count). The molecule has 0 spiro atoms. The number of allylic oxidation sites excluding steroid dienone is 3. The van der Waals surface area contributed by atoms with Crippen LogP contribution in [-0.4, -0.2) is 21.9 Å². The summed E-state index contributed by atoms with van der Waals surface area (Å²) in [7, 11) is 0. The normalized spacial score (nSPS) is 49.1. The Balaban J connectivity index is 2.10. The van der Waals surface area contributed by atoms with Crippen LogP contribution in [0.4, 0.5) is 0 Å². The number of aliphatic hydroxyl groups is 2. The average Bonchev–Trinajstić information content (AvgIpc) is 2.44. The highest BCUT2D eigenvalue weighted by molar-refractivity contribution is 5.38. The fourth-order valence-electron chi connectivity index (χ4n) is 5.25. The Hall–Kier alpha value is -0.860. The summed E-state index contributed by atoms with van der Waals surface area (Å²) < 4.78 is 0. The molecule has 0 saturated heterocycles. The third-order valence-corrected chi connectivity index (χ3v) is 6.52. The molecule has 4 aliphatic carbocycles. The lowest BCUT2D eigenvalue weighted by Crippen LogP contribution is -2.65. The summed E-state index contributed by atoms with van der Waals surface area (Å²) in [6.07, 6.45) is 9.92. The highest BCUT2D eigenvalue weighted by Gasteiger charge is 2.64. The summed E-state index contributed by atoms with van der Waals surface area (Å²) in [6, 6.07) is 0. The monoisotopic (exact) mass is 288 g/mol. The van der Waals surface area contributed by atoms with Gasteiger partial charge in [0.25, 0.3) is 0 Å². The van der Waals surface area contributed by atoms with Crippen molar-refractivity contribution in [2.75, 3.05) is 0 Å². The summed E-state index contributed by atoms with van der Waals surface area (Å²) >= 11 is 0. The van der Waals surface area contributed by atoms with E-state index < -0.39 is 5.60 Å². The molecule has 0 aromatic carbocycles. The van der Waals surface area contributed by atoms with Gasteiger partial charge in [0.1, 0.15) is 0 Å². The molecule has 2 heteroatoms. The topological polar surface area (TPSA) is 40.5 Å². The van der Waals surface area contributed by atoms with Crippen LogP contribution in [0, 0.1) is 23.2 Å². The lowest BCUT2D eigenvalue weighted by Gasteiger charge is -2.64. The van der Waals surface area contributed by atoms with Gasteiger partial charge in [-0.2, -0.15) is 0 Å². The van der Waals surface area contributed by atoms with E-state index in [0.717, 1.165) is 31.3 Å². The van der Waals surface area contributed by atoms with E-state index in [9.17, 15) is 10.2 Å². The first-order chi connectivity index (χ1) is 9.81. The van der Waals surface area contributed by atoms with E-state index in [0.29, 0.717) is 5.92 Å². The van der Waals surface area contributed by atoms with Gasteiger partial charge < -0.3 is 10.2 Å². The van der Waals surface area contributed by atoms with Crippen LogP contribution in [0.1, 0.15) is 46.5 Å². The second-order valence-corrected chi connectivity index (χ2v) is 7.66. The molecule has 3 saturated carbocycles. The summed E-state index contributed by atoms with van der Waals surface area (Å²) in [5.41, 5.74) is 1.20. The molecule has 0 unspecified atom stereocenters. The second-order valence-electron chi connectivity index (χ2n) is 7.66. The first kappa shape index (κ1) is 15.1. The minimum Gasteiger partial charge on any atom is -0.392 e. The Morgan fingerprint density at radius 3 is 2.81 bits per heavy atom. The van der Waals surface area contributed by atoms with Gasteiger partial charge in [-0.1, -0.05) is 49.8 Å². The van der Waals surface area contributed by atoms with Crippen molar-refractivity contribution in [3.63, 3.8) is 0 Å². The van der Waals surface area contributed by atoms with Gasteiger partial charge in [0.15, 0.2) is 0 Å².